The van der Waals surface area contributed by atoms with Crippen LogP contribution in [0.1, 0.15) is 11.1 Å². The van der Waals surface area contributed by atoms with E-state index < -0.39 is 0 Å². The highest BCUT2D eigenvalue weighted by Gasteiger charge is 2.11. The first-order chi connectivity index (χ1) is 11.9. The first-order valence-electron chi connectivity index (χ1n) is 8.29. The molecule has 5 rings (SSSR count). The summed E-state index contributed by atoms with van der Waals surface area (Å²) in [6, 6.07) is 11.0. The van der Waals surface area contributed by atoms with E-state index in [1.807, 2.05) is 6.20 Å². The molecule has 1 aromatic heterocycles. The molecule has 0 N–H and O–H groups in total. The van der Waals surface area contributed by atoms with Crippen LogP contribution in [0.4, 0.5) is 0 Å². The Morgan fingerprint density at radius 1 is 0.875 bits per heavy atom. The van der Waals surface area contributed by atoms with Gasteiger partial charge in [0.15, 0.2) is 0 Å². The van der Waals surface area contributed by atoms with Gasteiger partial charge >= 0.3 is 0 Å². The molecule has 0 fully saturated rings. The van der Waals surface area contributed by atoms with Crippen molar-refractivity contribution in [3.63, 3.8) is 0 Å². The predicted molar refractivity (Wildman–Crippen MR) is 96.3 cm³/mol. The molecule has 2 aliphatic rings. The third kappa shape index (κ3) is 1.96. The largest absolute Gasteiger partial charge is 0.261 e. The Balaban J connectivity index is 1.91. The maximum Gasteiger partial charge on any atom is 0.0891 e. The Bertz CT molecular complexity index is 1190. The molecule has 0 saturated carbocycles. The summed E-state index contributed by atoms with van der Waals surface area (Å²) in [5, 5.41) is 5.30. The summed E-state index contributed by atoms with van der Waals surface area (Å²) in [6.07, 6.45) is 16.3. The molecule has 0 unspecified atom stereocenters. The summed E-state index contributed by atoms with van der Waals surface area (Å²) in [5.74, 6) is 0. The lowest BCUT2D eigenvalue weighted by Crippen LogP contribution is -2.19. The lowest BCUT2D eigenvalue weighted by molar-refractivity contribution is 1.10. The van der Waals surface area contributed by atoms with E-state index in [0.717, 1.165) is 24.1 Å². The number of aromatic nitrogens is 2. The molecule has 0 radical (unpaired) electrons. The van der Waals surface area contributed by atoms with Crippen molar-refractivity contribution in [1.82, 2.24) is 9.97 Å². The molecule has 0 aliphatic heterocycles. The highest BCUT2D eigenvalue weighted by molar-refractivity contribution is 5.63. The summed E-state index contributed by atoms with van der Waals surface area (Å²) in [4.78, 5) is 8.71. The molecule has 1 heterocycles. The Morgan fingerprint density at radius 2 is 1.88 bits per heavy atom. The molecule has 0 spiro atoms. The minimum absolute atomic E-state index is 0.934. The van der Waals surface area contributed by atoms with Gasteiger partial charge in [-0.25, -0.2) is 0 Å². The summed E-state index contributed by atoms with van der Waals surface area (Å²) < 4.78 is 0. The fraction of sp³-hybridized carbons (Fsp3) is 0.0909. The summed E-state index contributed by atoms with van der Waals surface area (Å²) in [6.45, 7) is 0. The van der Waals surface area contributed by atoms with Gasteiger partial charge in [-0.2, -0.15) is 0 Å². The topological polar surface area (TPSA) is 25.8 Å². The lowest BCUT2D eigenvalue weighted by atomic mass is 9.90. The second kappa shape index (κ2) is 5.27. The van der Waals surface area contributed by atoms with Crippen LogP contribution in [-0.2, 0) is 12.8 Å². The minimum Gasteiger partial charge on any atom is -0.261 e. The van der Waals surface area contributed by atoms with Crippen molar-refractivity contribution >= 4 is 12.2 Å². The van der Waals surface area contributed by atoms with Gasteiger partial charge in [-0.05, 0) is 44.8 Å². The molecule has 2 heteroatoms. The van der Waals surface area contributed by atoms with E-state index in [1.165, 1.54) is 32.0 Å². The lowest BCUT2D eigenvalue weighted by Gasteiger charge is -2.15. The third-order valence-electron chi connectivity index (χ3n) is 4.95. The number of hydrogen-bond donors (Lipinski definition) is 0. The maximum atomic E-state index is 4.49. The predicted octanol–water partition coefficient (Wildman–Crippen LogP) is 2.66. The van der Waals surface area contributed by atoms with Crippen molar-refractivity contribution in [2.75, 3.05) is 0 Å². The van der Waals surface area contributed by atoms with Crippen LogP contribution in [0.25, 0.3) is 23.4 Å². The minimum atomic E-state index is 0.934. The Labute approximate surface area is 139 Å². The molecule has 114 valence electrons. The van der Waals surface area contributed by atoms with Gasteiger partial charge in [0, 0.05) is 18.0 Å². The molecule has 3 aromatic rings. The van der Waals surface area contributed by atoms with Gasteiger partial charge in [-0.15, -0.1) is 0 Å². The van der Waals surface area contributed by atoms with Crippen LogP contribution < -0.4 is 10.4 Å². The molecule has 2 aliphatic carbocycles. The van der Waals surface area contributed by atoms with Crippen LogP contribution in [0.2, 0.25) is 0 Å². The van der Waals surface area contributed by atoms with Gasteiger partial charge < -0.3 is 0 Å². The van der Waals surface area contributed by atoms with Crippen LogP contribution >= 0.6 is 0 Å². The average molecular weight is 308 g/mol. The van der Waals surface area contributed by atoms with Crippen LogP contribution in [-0.4, -0.2) is 9.97 Å². The second-order valence-corrected chi connectivity index (χ2v) is 6.22. The van der Waals surface area contributed by atoms with Gasteiger partial charge in [-0.1, -0.05) is 54.6 Å². The molecule has 2 aromatic carbocycles. The normalized spacial score (nSPS) is 14.0. The molecule has 0 bridgehead atoms. The first kappa shape index (κ1) is 13.4. The molecule has 0 atom stereocenters. The zero-order valence-electron chi connectivity index (χ0n) is 13.2. The SMILES string of the molecule is C1=CCc2c3c(ccc2=C1)=c1cccc(-c2cnccn2)c1=CC3. The second-order valence-electron chi connectivity index (χ2n) is 6.22. The first-order valence-corrected chi connectivity index (χ1v) is 8.29. The van der Waals surface area contributed by atoms with E-state index in [1.54, 1.807) is 12.4 Å². The van der Waals surface area contributed by atoms with Crippen LogP contribution in [0.15, 0.2) is 61.1 Å². The standard InChI is InChI=1S/C22H16N2/c1-2-5-16-15(4-1)8-9-19-17-6-3-7-21(20(17)11-10-18(16)19)22-14-23-12-13-24-22/h1-4,6-9,11-14H,5,10H2. The molecule has 0 amide bonds. The molecular weight excluding hydrogens is 292 g/mol. The zero-order valence-corrected chi connectivity index (χ0v) is 13.2. The van der Waals surface area contributed by atoms with E-state index >= 15 is 0 Å². The van der Waals surface area contributed by atoms with Gasteiger partial charge in [0.2, 0.25) is 0 Å². The molecule has 0 saturated heterocycles. The van der Waals surface area contributed by atoms with Gasteiger partial charge in [-0.3, -0.25) is 9.97 Å². The quantitative estimate of drug-likeness (QED) is 0.691. The average Bonchev–Trinajstić information content (AvgIpc) is 2.67. The maximum absolute atomic E-state index is 4.49. The van der Waals surface area contributed by atoms with Crippen molar-refractivity contribution in [3.05, 3.63) is 93.1 Å². The zero-order chi connectivity index (χ0) is 15.9. The molecular formula is C22H16N2. The summed E-state index contributed by atoms with van der Waals surface area (Å²) in [5.41, 5.74) is 5.04. The molecule has 2 nitrogen and oxygen atoms in total. The van der Waals surface area contributed by atoms with E-state index in [9.17, 15) is 0 Å². The van der Waals surface area contributed by atoms with Crippen molar-refractivity contribution in [3.8, 4) is 11.3 Å². The highest BCUT2D eigenvalue weighted by atomic mass is 14.8. The van der Waals surface area contributed by atoms with Crippen molar-refractivity contribution < 1.29 is 0 Å². The van der Waals surface area contributed by atoms with Crippen LogP contribution in [0.3, 0.4) is 0 Å². The number of allylic oxidation sites excluding steroid dienone is 2. The number of benzene rings is 2. The number of fused-ring (bicyclic) bond motifs is 4. The van der Waals surface area contributed by atoms with Crippen molar-refractivity contribution in [2.45, 2.75) is 12.8 Å². The monoisotopic (exact) mass is 308 g/mol. The van der Waals surface area contributed by atoms with E-state index in [-0.39, 0.29) is 0 Å². The van der Waals surface area contributed by atoms with E-state index in [2.05, 4.69) is 64.6 Å². The van der Waals surface area contributed by atoms with Gasteiger partial charge in [0.25, 0.3) is 0 Å². The van der Waals surface area contributed by atoms with Crippen molar-refractivity contribution in [2.24, 2.45) is 0 Å². The molecule has 24 heavy (non-hydrogen) atoms. The van der Waals surface area contributed by atoms with E-state index in [0.29, 0.717) is 0 Å². The smallest absolute Gasteiger partial charge is 0.0891 e. The summed E-state index contributed by atoms with van der Waals surface area (Å²) in [7, 11) is 0. The number of hydrogen-bond acceptors (Lipinski definition) is 2. The Morgan fingerprint density at radius 3 is 2.79 bits per heavy atom. The van der Waals surface area contributed by atoms with Gasteiger partial charge in [0.05, 0.1) is 11.9 Å². The van der Waals surface area contributed by atoms with E-state index in [4.69, 9.17) is 0 Å². The van der Waals surface area contributed by atoms with Crippen LogP contribution in [0, 0.1) is 10.4 Å². The fourth-order valence-electron chi connectivity index (χ4n) is 3.84. The Kier molecular flexibility index (Phi) is 2.95. The summed E-state index contributed by atoms with van der Waals surface area (Å²) >= 11 is 0. The fourth-order valence-corrected chi connectivity index (χ4v) is 3.84. The third-order valence-corrected chi connectivity index (χ3v) is 4.95. The van der Waals surface area contributed by atoms with Crippen molar-refractivity contribution in [1.29, 1.82) is 0 Å². The van der Waals surface area contributed by atoms with Gasteiger partial charge in [0.1, 0.15) is 0 Å². The number of rotatable bonds is 1. The number of nitrogens with zero attached hydrogens (tertiary/aromatic N) is 2. The highest BCUT2D eigenvalue weighted by Crippen LogP contribution is 2.18. The Hall–Kier alpha value is -3.00. The van der Waals surface area contributed by atoms with Crippen LogP contribution in [0.5, 0.6) is 0 Å².